The normalized spacial score (nSPS) is 21.8. The first-order valence-electron chi connectivity index (χ1n) is 13.6. The molecule has 11 nitrogen and oxygen atoms in total. The average molecular weight is 596 g/mol. The van der Waals surface area contributed by atoms with Crippen LogP contribution in [0.2, 0.25) is 0 Å². The van der Waals surface area contributed by atoms with Crippen LogP contribution in [0, 0.1) is 0 Å². The number of nitrogens with one attached hydrogen (secondary N) is 1. The second kappa shape index (κ2) is 12.4. The fraction of sp³-hybridized carbons (Fsp3) is 0.345. The Morgan fingerprint density at radius 3 is 2.81 bits per heavy atom. The Kier molecular flexibility index (Phi) is 8.59. The summed E-state index contributed by atoms with van der Waals surface area (Å²) in [4.78, 5) is 32.2. The molecule has 1 aliphatic carbocycles. The maximum atomic E-state index is 13.0. The Morgan fingerprint density at radius 2 is 2.12 bits per heavy atom. The lowest BCUT2D eigenvalue weighted by Gasteiger charge is -2.37. The van der Waals surface area contributed by atoms with Gasteiger partial charge in [0.15, 0.2) is 0 Å². The van der Waals surface area contributed by atoms with Gasteiger partial charge in [0.2, 0.25) is 0 Å². The zero-order valence-corrected chi connectivity index (χ0v) is 23.6. The molecule has 0 bridgehead atoms. The third-order valence-electron chi connectivity index (χ3n) is 7.42. The second-order valence-corrected chi connectivity index (χ2v) is 10.4. The van der Waals surface area contributed by atoms with Crippen LogP contribution in [0.4, 0.5) is 24.8 Å². The Bertz CT molecular complexity index is 1630. The van der Waals surface area contributed by atoms with Crippen molar-refractivity contribution in [2.45, 2.75) is 37.6 Å². The van der Waals surface area contributed by atoms with Crippen molar-refractivity contribution in [3.63, 3.8) is 0 Å². The number of aliphatic imine (C=N–C) groups is 1. The molecule has 14 heteroatoms. The van der Waals surface area contributed by atoms with E-state index in [4.69, 9.17) is 21.2 Å². The van der Waals surface area contributed by atoms with Crippen molar-refractivity contribution in [2.24, 2.45) is 10.7 Å². The van der Waals surface area contributed by atoms with Crippen LogP contribution >= 0.6 is 0 Å². The summed E-state index contributed by atoms with van der Waals surface area (Å²) in [6.45, 7) is 3.74. The van der Waals surface area contributed by atoms with Crippen molar-refractivity contribution in [1.82, 2.24) is 24.3 Å². The van der Waals surface area contributed by atoms with Crippen LogP contribution in [-0.2, 0) is 15.7 Å². The molecule has 3 aromatic rings. The Labute approximate surface area is 245 Å². The average Bonchev–Trinajstić information content (AvgIpc) is 3.39. The minimum atomic E-state index is -4.55. The molecule has 4 heterocycles. The molecule has 1 saturated heterocycles. The van der Waals surface area contributed by atoms with E-state index in [-0.39, 0.29) is 23.9 Å². The molecule has 5 N–H and O–H groups in total. The van der Waals surface area contributed by atoms with Crippen molar-refractivity contribution >= 4 is 29.3 Å². The monoisotopic (exact) mass is 595 g/mol. The van der Waals surface area contributed by atoms with Crippen LogP contribution in [0.3, 0.4) is 0 Å². The van der Waals surface area contributed by atoms with E-state index in [9.17, 15) is 18.0 Å². The number of amides is 1. The smallest absolute Gasteiger partial charge is 0.404 e. The molecule has 0 saturated carbocycles. The summed E-state index contributed by atoms with van der Waals surface area (Å²) in [5.74, 6) is -0.00499. The molecule has 1 amide bonds. The fourth-order valence-electron chi connectivity index (χ4n) is 5.18. The molecule has 5 rings (SSSR count). The lowest BCUT2D eigenvalue weighted by molar-refractivity contribution is -0.137. The van der Waals surface area contributed by atoms with E-state index in [0.29, 0.717) is 54.5 Å². The molecular formula is C29H32F3N9O2. The summed E-state index contributed by atoms with van der Waals surface area (Å²) in [7, 11) is 1.70. The van der Waals surface area contributed by atoms with Gasteiger partial charge in [-0.3, -0.25) is 19.1 Å². The Balaban J connectivity index is 1.36. The SMILES string of the molecule is CN=CC(=CN)CN1C[C@H](c2nc(C3C=CC(C(=O)Nc4cc(C(F)(F)F)ccn4)=CC3)c3c(N)nccn23)OC[C@@H]1C. The number of carbonyl (C=O) groups is 1. The number of anilines is 2. The van der Waals surface area contributed by atoms with Gasteiger partial charge in [0, 0.05) is 62.5 Å². The third kappa shape index (κ3) is 6.44. The van der Waals surface area contributed by atoms with Gasteiger partial charge in [0.1, 0.15) is 29.1 Å². The summed E-state index contributed by atoms with van der Waals surface area (Å²) in [5, 5.41) is 2.44. The molecule has 0 aromatic carbocycles. The summed E-state index contributed by atoms with van der Waals surface area (Å²) in [6, 6.07) is 1.79. The van der Waals surface area contributed by atoms with Crippen molar-refractivity contribution in [2.75, 3.05) is 37.8 Å². The van der Waals surface area contributed by atoms with Crippen molar-refractivity contribution < 1.29 is 22.7 Å². The molecule has 1 aliphatic heterocycles. The number of rotatable bonds is 7. The number of allylic oxidation sites excluding steroid dienone is 2. The summed E-state index contributed by atoms with van der Waals surface area (Å²) < 4.78 is 47.3. The highest BCUT2D eigenvalue weighted by Gasteiger charge is 2.33. The highest BCUT2D eigenvalue weighted by atomic mass is 19.4. The number of imidazole rings is 1. The highest BCUT2D eigenvalue weighted by Crippen LogP contribution is 2.35. The molecule has 43 heavy (non-hydrogen) atoms. The number of ether oxygens (including phenoxy) is 1. The third-order valence-corrected chi connectivity index (χ3v) is 7.42. The van der Waals surface area contributed by atoms with E-state index in [1.165, 1.54) is 0 Å². The number of fused-ring (bicyclic) bond motifs is 1. The first-order valence-corrected chi connectivity index (χ1v) is 13.6. The minimum absolute atomic E-state index is 0.149. The van der Waals surface area contributed by atoms with Gasteiger partial charge in [-0.2, -0.15) is 13.2 Å². The van der Waals surface area contributed by atoms with E-state index in [1.54, 1.807) is 44.0 Å². The lowest BCUT2D eigenvalue weighted by Crippen LogP contribution is -2.46. The van der Waals surface area contributed by atoms with Gasteiger partial charge in [-0.1, -0.05) is 18.2 Å². The van der Waals surface area contributed by atoms with E-state index in [0.717, 1.165) is 23.9 Å². The van der Waals surface area contributed by atoms with Gasteiger partial charge < -0.3 is 21.5 Å². The molecular weight excluding hydrogens is 563 g/mol. The number of halogens is 3. The van der Waals surface area contributed by atoms with Crippen LogP contribution in [-0.4, -0.2) is 69.2 Å². The van der Waals surface area contributed by atoms with Crippen LogP contribution in [0.5, 0.6) is 0 Å². The van der Waals surface area contributed by atoms with Crippen LogP contribution < -0.4 is 16.8 Å². The van der Waals surface area contributed by atoms with Crippen molar-refractivity contribution in [3.05, 3.63) is 83.4 Å². The van der Waals surface area contributed by atoms with Gasteiger partial charge in [-0.15, -0.1) is 0 Å². The quantitative estimate of drug-likeness (QED) is 0.351. The van der Waals surface area contributed by atoms with Crippen LogP contribution in [0.1, 0.15) is 42.4 Å². The summed E-state index contributed by atoms with van der Waals surface area (Å²) in [6.07, 6.45) is 8.34. The molecule has 1 fully saturated rings. The van der Waals surface area contributed by atoms with Crippen molar-refractivity contribution in [3.8, 4) is 0 Å². The molecule has 0 radical (unpaired) electrons. The maximum Gasteiger partial charge on any atom is 0.416 e. The standard InChI is InChI=1S/C29H32F3N9O2/c1-17-16-43-22(15-40(17)14-18(12-33)13-35-2)27-39-24(25-26(34)37-9-10-41(25)27)19-3-5-20(6-4-19)28(42)38-23-11-21(7-8-36-23)29(30,31)32/h3,5-13,17,19,22H,4,14-16,33H2,1-2H3,(H2,34,37)(H,36,38,42)/t17-,19?,22+/m0/s1. The molecule has 3 aromatic heterocycles. The first kappa shape index (κ1) is 29.9. The number of nitrogens with two attached hydrogens (primary N) is 2. The number of hydrogen-bond donors (Lipinski definition) is 3. The Morgan fingerprint density at radius 1 is 1.30 bits per heavy atom. The number of aromatic nitrogens is 4. The zero-order chi connectivity index (χ0) is 30.7. The largest absolute Gasteiger partial charge is 0.416 e. The van der Waals surface area contributed by atoms with Crippen LogP contribution in [0.25, 0.3) is 5.52 Å². The number of alkyl halides is 3. The number of morpholine rings is 1. The zero-order valence-electron chi connectivity index (χ0n) is 23.6. The Hall–Kier alpha value is -4.56. The van der Waals surface area contributed by atoms with E-state index >= 15 is 0 Å². The highest BCUT2D eigenvalue weighted by molar-refractivity contribution is 6.05. The van der Waals surface area contributed by atoms with E-state index < -0.39 is 17.6 Å². The second-order valence-electron chi connectivity index (χ2n) is 10.4. The molecule has 0 spiro atoms. The van der Waals surface area contributed by atoms with Gasteiger partial charge in [-0.25, -0.2) is 15.0 Å². The fourth-order valence-corrected chi connectivity index (χ4v) is 5.18. The van der Waals surface area contributed by atoms with Crippen molar-refractivity contribution in [1.29, 1.82) is 0 Å². The number of nitrogens with zero attached hydrogens (tertiary/aromatic N) is 6. The number of carbonyl (C=O) groups excluding carboxylic acids is 1. The topological polar surface area (TPSA) is 149 Å². The van der Waals surface area contributed by atoms with Gasteiger partial charge in [0.25, 0.3) is 5.91 Å². The summed E-state index contributed by atoms with van der Waals surface area (Å²) >= 11 is 0. The predicted octanol–water partition coefficient (Wildman–Crippen LogP) is 3.64. The molecule has 2 aliphatic rings. The number of hydrogen-bond acceptors (Lipinski definition) is 9. The molecule has 3 atom stereocenters. The lowest BCUT2D eigenvalue weighted by atomic mass is 9.93. The van der Waals surface area contributed by atoms with E-state index in [1.807, 2.05) is 10.5 Å². The van der Waals surface area contributed by atoms with Crippen LogP contribution in [0.15, 0.2) is 71.3 Å². The van der Waals surface area contributed by atoms with Gasteiger partial charge >= 0.3 is 6.18 Å². The maximum absolute atomic E-state index is 13.0. The minimum Gasteiger partial charge on any atom is -0.404 e. The van der Waals surface area contributed by atoms with E-state index in [2.05, 4.69) is 32.1 Å². The first-order chi connectivity index (χ1) is 20.6. The van der Waals surface area contributed by atoms with Gasteiger partial charge in [0.05, 0.1) is 17.9 Å². The van der Waals surface area contributed by atoms with Gasteiger partial charge in [-0.05, 0) is 37.3 Å². The molecule has 226 valence electrons. The number of nitrogen functional groups attached to an aromatic ring is 1. The predicted molar refractivity (Wildman–Crippen MR) is 156 cm³/mol. The summed E-state index contributed by atoms with van der Waals surface area (Å²) in [5.41, 5.74) is 13.7. The number of pyridine rings is 1. The molecule has 1 unspecified atom stereocenters.